The van der Waals surface area contributed by atoms with Crippen LogP contribution in [0.3, 0.4) is 0 Å². The Morgan fingerprint density at radius 1 is 1.29 bits per heavy atom. The average Bonchev–Trinajstić information content (AvgIpc) is 2.15. The van der Waals surface area contributed by atoms with E-state index in [1.807, 2.05) is 12.1 Å². The average molecular weight is 388 g/mol. The molecule has 0 atom stereocenters. The third-order valence-electron chi connectivity index (χ3n) is 1.51. The van der Waals surface area contributed by atoms with Gasteiger partial charge in [0.15, 0.2) is 0 Å². The molecular weight excluding hydrogens is 380 g/mol. The number of carbonyl (C=O) groups is 2. The summed E-state index contributed by atoms with van der Waals surface area (Å²) < 4.78 is 1.11. The molecule has 14 heavy (non-hydrogen) atoms. The minimum atomic E-state index is -1.05. The zero-order valence-electron chi connectivity index (χ0n) is 7.16. The molecule has 0 unspecified atom stereocenters. The fourth-order valence-corrected chi connectivity index (χ4v) is 1.35. The summed E-state index contributed by atoms with van der Waals surface area (Å²) in [6.07, 6.45) is 0. The van der Waals surface area contributed by atoms with Crippen molar-refractivity contribution in [3.63, 3.8) is 0 Å². The molecule has 0 aliphatic rings. The molecule has 0 bridgehead atoms. The van der Waals surface area contributed by atoms with Crippen molar-refractivity contribution in [2.45, 2.75) is 0 Å². The van der Waals surface area contributed by atoms with E-state index in [0.29, 0.717) is 5.56 Å². The van der Waals surface area contributed by atoms with E-state index in [-0.39, 0.29) is 12.5 Å². The van der Waals surface area contributed by atoms with Crippen molar-refractivity contribution in [2.24, 2.45) is 0 Å². The van der Waals surface area contributed by atoms with Crippen molar-refractivity contribution in [1.29, 1.82) is 0 Å². The summed E-state index contributed by atoms with van der Waals surface area (Å²) in [6, 6.07) is 7.00. The van der Waals surface area contributed by atoms with Crippen LogP contribution in [-0.2, 0) is 4.79 Å². The summed E-state index contributed by atoms with van der Waals surface area (Å²) in [5.74, 6) is -1.41. The first-order valence-corrected chi connectivity index (χ1v) is 5.32. The molecule has 0 saturated carbocycles. The Kier molecular flexibility index (Phi) is 4.02. The summed E-state index contributed by atoms with van der Waals surface area (Å²) in [6.45, 7) is -0.351. The molecular formula is C9H8AtNO3. The number of carboxylic acid groups (broad SMARTS) is 1. The van der Waals surface area contributed by atoms with Crippen LogP contribution >= 0.6 is 0 Å². The Balaban J connectivity index is 2.61. The summed E-state index contributed by atoms with van der Waals surface area (Å²) in [5.41, 5.74) is 0.478. The third-order valence-corrected chi connectivity index (χ3v) is 2.49. The van der Waals surface area contributed by atoms with E-state index in [0.717, 1.165) is 3.27 Å². The molecule has 0 radical (unpaired) electrons. The standard InChI is InChI=1S/C9H8AtNO3/c10-7-3-1-6(2-4-7)9(14)11-5-8(12)13/h1-4H,5H2,(H,11,14)(H,12,13). The summed E-state index contributed by atoms with van der Waals surface area (Å²) >= 11 is 1.53. The Hall–Kier alpha value is -0.957. The van der Waals surface area contributed by atoms with Gasteiger partial charge in [-0.05, 0) is 0 Å². The van der Waals surface area contributed by atoms with Crippen molar-refractivity contribution in [2.75, 3.05) is 6.54 Å². The van der Waals surface area contributed by atoms with Crippen molar-refractivity contribution in [3.05, 3.63) is 29.8 Å². The van der Waals surface area contributed by atoms with Gasteiger partial charge >= 0.3 is 96.3 Å². The van der Waals surface area contributed by atoms with E-state index >= 15 is 0 Å². The van der Waals surface area contributed by atoms with Crippen molar-refractivity contribution in [3.8, 4) is 0 Å². The van der Waals surface area contributed by atoms with Crippen LogP contribution in [0.5, 0.6) is 0 Å². The van der Waals surface area contributed by atoms with Gasteiger partial charge < -0.3 is 0 Å². The Labute approximate surface area is 96.2 Å². The quantitative estimate of drug-likeness (QED) is 0.746. The number of amides is 1. The van der Waals surface area contributed by atoms with Gasteiger partial charge in [0.25, 0.3) is 0 Å². The zero-order valence-corrected chi connectivity index (χ0v) is 10.1. The second-order valence-electron chi connectivity index (χ2n) is 2.58. The molecule has 5 heteroatoms. The van der Waals surface area contributed by atoms with Crippen LogP contribution in [0.2, 0.25) is 0 Å². The SMILES string of the molecule is O=C(O)CNC(=O)c1ccc([At])cc1. The number of rotatable bonds is 3. The first-order valence-electron chi connectivity index (χ1n) is 3.85. The predicted molar refractivity (Wildman–Crippen MR) is 46.0 cm³/mol. The summed E-state index contributed by atoms with van der Waals surface area (Å²) in [5, 5.41) is 10.6. The van der Waals surface area contributed by atoms with Crippen LogP contribution in [-0.4, -0.2) is 23.5 Å². The second-order valence-corrected chi connectivity index (χ2v) is 4.28. The Morgan fingerprint density at radius 2 is 1.86 bits per heavy atom. The molecule has 1 aromatic rings. The zero-order chi connectivity index (χ0) is 10.6. The fraction of sp³-hybridized carbons (Fsp3) is 0.111. The summed E-state index contributed by atoms with van der Waals surface area (Å²) in [4.78, 5) is 21.5. The van der Waals surface area contributed by atoms with E-state index in [4.69, 9.17) is 5.11 Å². The first kappa shape index (κ1) is 11.1. The van der Waals surface area contributed by atoms with E-state index in [1.54, 1.807) is 12.1 Å². The number of nitrogens with one attached hydrogen (secondary N) is 1. The molecule has 1 aromatic carbocycles. The van der Waals surface area contributed by atoms with Gasteiger partial charge in [0.1, 0.15) is 0 Å². The van der Waals surface area contributed by atoms with E-state index < -0.39 is 5.97 Å². The molecule has 74 valence electrons. The number of hydrogen-bond acceptors (Lipinski definition) is 2. The Bertz CT molecular complexity index is 348. The second kappa shape index (κ2) is 5.06. The number of aliphatic carboxylic acids is 1. The van der Waals surface area contributed by atoms with Gasteiger partial charge in [0.05, 0.1) is 0 Å². The van der Waals surface area contributed by atoms with Crippen molar-refractivity contribution < 1.29 is 39.4 Å². The molecule has 0 heterocycles. The van der Waals surface area contributed by atoms with Gasteiger partial charge in [0, 0.05) is 0 Å². The van der Waals surface area contributed by atoms with E-state index in [2.05, 4.69) is 5.32 Å². The molecule has 0 spiro atoms. The van der Waals surface area contributed by atoms with Crippen LogP contribution in [0.4, 0.5) is 0 Å². The monoisotopic (exact) mass is 388 g/mol. The minimum absolute atomic E-state index is 0.351. The number of benzene rings is 1. The van der Waals surface area contributed by atoms with Gasteiger partial charge in [-0.15, -0.1) is 0 Å². The Morgan fingerprint density at radius 3 is 2.36 bits per heavy atom. The normalized spacial score (nSPS) is 9.50. The van der Waals surface area contributed by atoms with Crippen LogP contribution in [0, 0.1) is 24.7 Å². The van der Waals surface area contributed by atoms with Crippen molar-refractivity contribution in [1.82, 2.24) is 5.32 Å². The molecule has 0 aliphatic heterocycles. The fourth-order valence-electron chi connectivity index (χ4n) is 0.859. The van der Waals surface area contributed by atoms with Gasteiger partial charge in [0.2, 0.25) is 0 Å². The van der Waals surface area contributed by atoms with E-state index in [9.17, 15) is 9.59 Å². The molecule has 0 aromatic heterocycles. The molecule has 2 N–H and O–H groups in total. The van der Waals surface area contributed by atoms with Gasteiger partial charge in [-0.25, -0.2) is 0 Å². The van der Waals surface area contributed by atoms with Crippen LogP contribution < -0.4 is 8.59 Å². The van der Waals surface area contributed by atoms with Gasteiger partial charge in [-0.3, -0.25) is 0 Å². The van der Waals surface area contributed by atoms with E-state index in [1.165, 1.54) is 24.7 Å². The predicted octanol–water partition coefficient (Wildman–Crippen LogP) is -0.324. The third kappa shape index (κ3) is 3.42. The van der Waals surface area contributed by atoms with Crippen LogP contribution in [0.25, 0.3) is 0 Å². The van der Waals surface area contributed by atoms with Gasteiger partial charge in [-0.2, -0.15) is 0 Å². The summed E-state index contributed by atoms with van der Waals surface area (Å²) in [7, 11) is 0. The number of hydrogen-bond donors (Lipinski definition) is 2. The molecule has 0 saturated heterocycles. The van der Waals surface area contributed by atoms with Crippen LogP contribution in [0.1, 0.15) is 10.4 Å². The molecule has 1 rings (SSSR count). The van der Waals surface area contributed by atoms with Crippen molar-refractivity contribution >= 4 is 15.1 Å². The topological polar surface area (TPSA) is 66.4 Å². The maximum atomic E-state index is 11.3. The molecule has 4 nitrogen and oxygen atoms in total. The molecule has 0 fully saturated rings. The number of carboxylic acids is 1. The maximum absolute atomic E-state index is 11.3. The molecule has 0 aliphatic carbocycles. The van der Waals surface area contributed by atoms with Gasteiger partial charge in [-0.1, -0.05) is 0 Å². The molecule has 1 amide bonds. The van der Waals surface area contributed by atoms with Crippen LogP contribution in [0.15, 0.2) is 24.3 Å². The first-order chi connectivity index (χ1) is 6.59. The number of carbonyl (C=O) groups excluding carboxylic acids is 1.